The van der Waals surface area contributed by atoms with Crippen LogP contribution >= 0.6 is 0 Å². The summed E-state index contributed by atoms with van der Waals surface area (Å²) in [4.78, 5) is 12.6. The molecule has 2 amide bonds. The summed E-state index contributed by atoms with van der Waals surface area (Å²) < 4.78 is 12.7. The Morgan fingerprint density at radius 1 is 1.15 bits per heavy atom. The lowest BCUT2D eigenvalue weighted by Crippen LogP contribution is -2.41. The van der Waals surface area contributed by atoms with E-state index in [4.69, 9.17) is 14.6 Å². The van der Waals surface area contributed by atoms with Crippen LogP contribution in [-0.4, -0.2) is 53.8 Å². The van der Waals surface area contributed by atoms with Gasteiger partial charge in [-0.05, 0) is 56.2 Å². The van der Waals surface area contributed by atoms with Crippen LogP contribution in [0.5, 0.6) is 5.75 Å². The SMILES string of the molecule is CNC(=O)N1N=C(c2ccc(-n3nc(C)cc3COC)cc2)c2cc(OC)ccc2C[C@@H]1C. The molecule has 0 saturated heterocycles. The molecular formula is C25H29N5O3. The van der Waals surface area contributed by atoms with Gasteiger partial charge in [-0.15, -0.1) is 0 Å². The number of aryl methyl sites for hydroxylation is 1. The van der Waals surface area contributed by atoms with Crippen molar-refractivity contribution in [3.8, 4) is 11.4 Å². The average molecular weight is 448 g/mol. The number of carbonyl (C=O) groups excluding carboxylic acids is 1. The molecule has 1 aliphatic heterocycles. The Kier molecular flexibility index (Phi) is 6.46. The van der Waals surface area contributed by atoms with E-state index in [1.165, 1.54) is 5.01 Å². The number of hydrogen-bond acceptors (Lipinski definition) is 5. The largest absolute Gasteiger partial charge is 0.497 e. The monoisotopic (exact) mass is 447 g/mol. The minimum atomic E-state index is -0.243. The molecule has 1 atom stereocenters. The van der Waals surface area contributed by atoms with Crippen molar-refractivity contribution in [2.75, 3.05) is 21.3 Å². The second-order valence-electron chi connectivity index (χ2n) is 8.09. The van der Waals surface area contributed by atoms with E-state index in [9.17, 15) is 4.79 Å². The summed E-state index contributed by atoms with van der Waals surface area (Å²) in [5.74, 6) is 0.746. The molecule has 0 aliphatic carbocycles. The number of urea groups is 1. The summed E-state index contributed by atoms with van der Waals surface area (Å²) in [6, 6.07) is 15.7. The molecule has 3 aromatic rings. The molecule has 1 aromatic heterocycles. The lowest BCUT2D eigenvalue weighted by atomic mass is 9.94. The first-order chi connectivity index (χ1) is 15.9. The molecule has 0 saturated carbocycles. The molecule has 2 heterocycles. The van der Waals surface area contributed by atoms with Gasteiger partial charge in [0.15, 0.2) is 0 Å². The number of rotatable bonds is 5. The van der Waals surface area contributed by atoms with Crippen molar-refractivity contribution in [3.05, 3.63) is 76.6 Å². The predicted octanol–water partition coefficient (Wildman–Crippen LogP) is 3.67. The predicted molar refractivity (Wildman–Crippen MR) is 127 cm³/mol. The first kappa shape index (κ1) is 22.5. The molecule has 0 spiro atoms. The molecule has 0 radical (unpaired) electrons. The van der Waals surface area contributed by atoms with E-state index >= 15 is 0 Å². The van der Waals surface area contributed by atoms with Crippen LogP contribution in [0.2, 0.25) is 0 Å². The molecule has 33 heavy (non-hydrogen) atoms. The lowest BCUT2D eigenvalue weighted by Gasteiger charge is -2.22. The minimum Gasteiger partial charge on any atom is -0.497 e. The Labute approximate surface area is 193 Å². The van der Waals surface area contributed by atoms with Crippen molar-refractivity contribution in [2.24, 2.45) is 5.10 Å². The third kappa shape index (κ3) is 4.47. The zero-order chi connectivity index (χ0) is 23.5. The number of ether oxygens (including phenoxy) is 2. The van der Waals surface area contributed by atoms with Gasteiger partial charge in [0.05, 0.1) is 42.5 Å². The second kappa shape index (κ2) is 9.46. The van der Waals surface area contributed by atoms with Crippen molar-refractivity contribution >= 4 is 11.7 Å². The second-order valence-corrected chi connectivity index (χ2v) is 8.09. The van der Waals surface area contributed by atoms with E-state index in [0.717, 1.165) is 45.2 Å². The van der Waals surface area contributed by atoms with E-state index in [-0.39, 0.29) is 12.1 Å². The number of hydrazone groups is 1. The van der Waals surface area contributed by atoms with Crippen molar-refractivity contribution in [3.63, 3.8) is 0 Å². The van der Waals surface area contributed by atoms with Gasteiger partial charge in [-0.1, -0.05) is 18.2 Å². The first-order valence-electron chi connectivity index (χ1n) is 10.9. The topological polar surface area (TPSA) is 81.0 Å². The molecule has 8 nitrogen and oxygen atoms in total. The third-order valence-electron chi connectivity index (χ3n) is 5.72. The van der Waals surface area contributed by atoms with Crippen LogP contribution in [0, 0.1) is 6.92 Å². The fourth-order valence-corrected chi connectivity index (χ4v) is 4.11. The van der Waals surface area contributed by atoms with Crippen molar-refractivity contribution in [2.45, 2.75) is 32.9 Å². The number of carbonyl (C=O) groups is 1. The van der Waals surface area contributed by atoms with Gasteiger partial charge in [-0.25, -0.2) is 14.5 Å². The highest BCUT2D eigenvalue weighted by atomic mass is 16.5. The quantitative estimate of drug-likeness (QED) is 0.647. The molecule has 8 heteroatoms. The number of methoxy groups -OCH3 is 2. The molecule has 1 N–H and O–H groups in total. The van der Waals surface area contributed by atoms with Crippen molar-refractivity contribution in [1.29, 1.82) is 0 Å². The number of amides is 2. The van der Waals surface area contributed by atoms with Gasteiger partial charge in [0, 0.05) is 25.3 Å². The van der Waals surface area contributed by atoms with E-state index in [1.807, 2.05) is 67.1 Å². The number of aromatic nitrogens is 2. The molecule has 172 valence electrons. The number of nitrogens with zero attached hydrogens (tertiary/aromatic N) is 4. The summed E-state index contributed by atoms with van der Waals surface area (Å²) in [5, 5.41) is 13.6. The average Bonchev–Trinajstić information content (AvgIpc) is 3.12. The molecule has 0 unspecified atom stereocenters. The molecule has 0 bridgehead atoms. The van der Waals surface area contributed by atoms with E-state index in [1.54, 1.807) is 21.3 Å². The van der Waals surface area contributed by atoms with Crippen LogP contribution in [0.3, 0.4) is 0 Å². The zero-order valence-electron chi connectivity index (χ0n) is 19.6. The standard InChI is InChI=1S/C25H29N5O3/c1-16-12-21(15-32-4)30(27-16)20-9-6-18(7-10-20)24-23-14-22(33-5)11-8-19(23)13-17(2)29(28-24)25(31)26-3/h6-12,14,17H,13,15H2,1-5H3,(H,26,31)/t17-/m0/s1. The highest BCUT2D eigenvalue weighted by Gasteiger charge is 2.27. The van der Waals surface area contributed by atoms with Crippen LogP contribution in [0.25, 0.3) is 5.69 Å². The summed E-state index contributed by atoms with van der Waals surface area (Å²) in [5.41, 5.74) is 6.51. The highest BCUT2D eigenvalue weighted by molar-refractivity contribution is 6.14. The Bertz CT molecular complexity index is 1180. The van der Waals surface area contributed by atoms with E-state index < -0.39 is 0 Å². The Morgan fingerprint density at radius 2 is 1.91 bits per heavy atom. The first-order valence-corrected chi connectivity index (χ1v) is 10.9. The van der Waals surface area contributed by atoms with Crippen LogP contribution in [-0.2, 0) is 17.8 Å². The summed E-state index contributed by atoms with van der Waals surface area (Å²) in [7, 11) is 4.93. The van der Waals surface area contributed by atoms with Gasteiger partial charge in [0.25, 0.3) is 0 Å². The molecule has 1 aliphatic rings. The van der Waals surface area contributed by atoms with Crippen LogP contribution in [0.1, 0.15) is 35.0 Å². The van der Waals surface area contributed by atoms with Crippen LogP contribution in [0.15, 0.2) is 53.6 Å². The van der Waals surface area contributed by atoms with Gasteiger partial charge < -0.3 is 14.8 Å². The van der Waals surface area contributed by atoms with Crippen molar-refractivity contribution in [1.82, 2.24) is 20.1 Å². The summed E-state index contributed by atoms with van der Waals surface area (Å²) in [6.07, 6.45) is 0.685. The fraction of sp³-hybridized carbons (Fsp3) is 0.320. The third-order valence-corrected chi connectivity index (χ3v) is 5.72. The smallest absolute Gasteiger partial charge is 0.337 e. The molecular weight excluding hydrogens is 418 g/mol. The summed E-state index contributed by atoms with van der Waals surface area (Å²) >= 11 is 0. The van der Waals surface area contributed by atoms with Gasteiger partial charge in [-0.2, -0.15) is 10.2 Å². The number of nitrogens with one attached hydrogen (secondary N) is 1. The fourth-order valence-electron chi connectivity index (χ4n) is 4.11. The zero-order valence-corrected chi connectivity index (χ0v) is 19.6. The number of fused-ring (bicyclic) bond motifs is 1. The Morgan fingerprint density at radius 3 is 2.58 bits per heavy atom. The minimum absolute atomic E-state index is 0.0995. The maximum absolute atomic E-state index is 12.6. The van der Waals surface area contributed by atoms with Crippen LogP contribution in [0.4, 0.5) is 4.79 Å². The highest BCUT2D eigenvalue weighted by Crippen LogP contribution is 2.28. The number of hydrogen-bond donors (Lipinski definition) is 1. The van der Waals surface area contributed by atoms with E-state index in [2.05, 4.69) is 10.4 Å². The van der Waals surface area contributed by atoms with Gasteiger partial charge in [-0.3, -0.25) is 0 Å². The molecule has 2 aromatic carbocycles. The lowest BCUT2D eigenvalue weighted by molar-refractivity contribution is 0.179. The van der Waals surface area contributed by atoms with Crippen molar-refractivity contribution < 1.29 is 14.3 Å². The molecule has 4 rings (SSSR count). The maximum atomic E-state index is 12.6. The Hall–Kier alpha value is -3.65. The van der Waals surface area contributed by atoms with Crippen LogP contribution < -0.4 is 10.1 Å². The van der Waals surface area contributed by atoms with Gasteiger partial charge in [0.1, 0.15) is 5.75 Å². The van der Waals surface area contributed by atoms with E-state index in [0.29, 0.717) is 13.0 Å². The van der Waals surface area contributed by atoms with Gasteiger partial charge >= 0.3 is 6.03 Å². The number of benzene rings is 2. The maximum Gasteiger partial charge on any atom is 0.337 e. The van der Waals surface area contributed by atoms with Gasteiger partial charge in [0.2, 0.25) is 0 Å². The molecule has 0 fully saturated rings. The Balaban J connectivity index is 1.81. The normalized spacial score (nSPS) is 15.5. The summed E-state index contributed by atoms with van der Waals surface area (Å²) in [6.45, 7) is 4.43.